The summed E-state index contributed by atoms with van der Waals surface area (Å²) in [5.41, 5.74) is 1.87. The van der Waals surface area contributed by atoms with Crippen LogP contribution < -0.4 is 0 Å². The normalized spacial score (nSPS) is 18.5. The van der Waals surface area contributed by atoms with Crippen LogP contribution in [0.5, 0.6) is 0 Å². The maximum absolute atomic E-state index is 12.1. The van der Waals surface area contributed by atoms with Crippen molar-refractivity contribution in [3.8, 4) is 0 Å². The molecule has 2 aromatic rings. The summed E-state index contributed by atoms with van der Waals surface area (Å²) in [7, 11) is 3.54. The molecule has 0 N–H and O–H groups in total. The molecule has 1 aliphatic rings. The van der Waals surface area contributed by atoms with Crippen LogP contribution in [-0.2, 0) is 17.8 Å². The highest BCUT2D eigenvalue weighted by Gasteiger charge is 2.21. The van der Waals surface area contributed by atoms with E-state index >= 15 is 0 Å². The third-order valence-electron chi connectivity index (χ3n) is 4.07. The van der Waals surface area contributed by atoms with Crippen LogP contribution in [0.3, 0.4) is 0 Å². The molecule has 1 saturated heterocycles. The lowest BCUT2D eigenvalue weighted by Gasteiger charge is -2.32. The molecule has 0 unspecified atom stereocenters. The average Bonchev–Trinajstić information content (AvgIpc) is 3.07. The third-order valence-corrected chi connectivity index (χ3v) is 4.07. The van der Waals surface area contributed by atoms with Gasteiger partial charge in [0.15, 0.2) is 0 Å². The SMILES string of the molecule is CN(C)C(=O)c1cccc(CN2CCO[C@H](Cn3cncn3)C2)c1. The lowest BCUT2D eigenvalue weighted by molar-refractivity contribution is -0.0402. The Hall–Kier alpha value is -2.25. The van der Waals surface area contributed by atoms with Crippen LogP contribution in [0.4, 0.5) is 0 Å². The van der Waals surface area contributed by atoms with Gasteiger partial charge in [-0.05, 0) is 17.7 Å². The molecule has 0 bridgehead atoms. The lowest BCUT2D eigenvalue weighted by Crippen LogP contribution is -2.43. The standard InChI is InChI=1S/C17H23N5O2/c1-20(2)17(23)15-5-3-4-14(8-15)9-21-6-7-24-16(10-21)11-22-13-18-12-19-22/h3-5,8,12-13,16H,6-7,9-11H2,1-2H3/t16-/m0/s1. The maximum Gasteiger partial charge on any atom is 0.253 e. The van der Waals surface area contributed by atoms with Crippen LogP contribution >= 0.6 is 0 Å². The van der Waals surface area contributed by atoms with Crippen molar-refractivity contribution in [1.29, 1.82) is 0 Å². The minimum Gasteiger partial charge on any atom is -0.374 e. The van der Waals surface area contributed by atoms with E-state index < -0.39 is 0 Å². The number of benzene rings is 1. The van der Waals surface area contributed by atoms with E-state index in [1.165, 1.54) is 6.33 Å². The first-order valence-electron chi connectivity index (χ1n) is 8.09. The number of aromatic nitrogens is 3. The minimum absolute atomic E-state index is 0.0305. The number of nitrogens with zero attached hydrogens (tertiary/aromatic N) is 5. The van der Waals surface area contributed by atoms with Gasteiger partial charge in [0.1, 0.15) is 12.7 Å². The Kier molecular flexibility index (Phi) is 5.22. The Labute approximate surface area is 141 Å². The molecule has 0 aliphatic carbocycles. The fraction of sp³-hybridized carbons (Fsp3) is 0.471. The predicted molar refractivity (Wildman–Crippen MR) is 89.5 cm³/mol. The van der Waals surface area contributed by atoms with E-state index in [0.29, 0.717) is 13.2 Å². The summed E-state index contributed by atoms with van der Waals surface area (Å²) in [6.07, 6.45) is 3.35. The van der Waals surface area contributed by atoms with Gasteiger partial charge in [-0.15, -0.1) is 0 Å². The number of hydrogen-bond acceptors (Lipinski definition) is 5. The van der Waals surface area contributed by atoms with Crippen LogP contribution in [0.2, 0.25) is 0 Å². The van der Waals surface area contributed by atoms with Crippen molar-refractivity contribution in [2.75, 3.05) is 33.8 Å². The molecule has 2 heterocycles. The Morgan fingerprint density at radius 2 is 2.29 bits per heavy atom. The quantitative estimate of drug-likeness (QED) is 0.815. The molecule has 7 nitrogen and oxygen atoms in total. The van der Waals surface area contributed by atoms with Gasteiger partial charge in [0.25, 0.3) is 5.91 Å². The van der Waals surface area contributed by atoms with Gasteiger partial charge in [-0.3, -0.25) is 14.4 Å². The molecule has 128 valence electrons. The van der Waals surface area contributed by atoms with Crippen molar-refractivity contribution in [3.63, 3.8) is 0 Å². The van der Waals surface area contributed by atoms with E-state index in [9.17, 15) is 4.79 Å². The van der Waals surface area contributed by atoms with Gasteiger partial charge in [-0.25, -0.2) is 4.98 Å². The van der Waals surface area contributed by atoms with Gasteiger partial charge in [-0.1, -0.05) is 12.1 Å². The number of ether oxygens (including phenoxy) is 1. The van der Waals surface area contributed by atoms with E-state index in [0.717, 1.165) is 30.8 Å². The largest absolute Gasteiger partial charge is 0.374 e. The number of carbonyl (C=O) groups is 1. The van der Waals surface area contributed by atoms with Crippen molar-refractivity contribution in [2.24, 2.45) is 0 Å². The third kappa shape index (κ3) is 4.18. The minimum atomic E-state index is 0.0305. The molecule has 1 aliphatic heterocycles. The number of morpholine rings is 1. The molecule has 1 aromatic carbocycles. The molecule has 7 heteroatoms. The highest BCUT2D eigenvalue weighted by molar-refractivity contribution is 5.94. The van der Waals surface area contributed by atoms with E-state index in [4.69, 9.17) is 4.74 Å². The predicted octanol–water partition coefficient (Wildman–Crippen LogP) is 0.881. The highest BCUT2D eigenvalue weighted by Crippen LogP contribution is 2.14. The van der Waals surface area contributed by atoms with Gasteiger partial charge in [0.05, 0.1) is 19.3 Å². The van der Waals surface area contributed by atoms with E-state index in [-0.39, 0.29) is 12.0 Å². The van der Waals surface area contributed by atoms with Crippen LogP contribution in [0.25, 0.3) is 0 Å². The number of carbonyl (C=O) groups excluding carboxylic acids is 1. The van der Waals surface area contributed by atoms with Gasteiger partial charge in [0.2, 0.25) is 0 Å². The van der Waals surface area contributed by atoms with Crippen LogP contribution in [0.15, 0.2) is 36.9 Å². The summed E-state index contributed by atoms with van der Waals surface area (Å²) in [6, 6.07) is 7.84. The second-order valence-corrected chi connectivity index (χ2v) is 6.25. The fourth-order valence-electron chi connectivity index (χ4n) is 2.89. The van der Waals surface area contributed by atoms with Gasteiger partial charge >= 0.3 is 0 Å². The molecule has 0 saturated carbocycles. The number of amides is 1. The molecular formula is C17H23N5O2. The molecule has 1 amide bonds. The average molecular weight is 329 g/mol. The lowest BCUT2D eigenvalue weighted by atomic mass is 10.1. The maximum atomic E-state index is 12.1. The summed E-state index contributed by atoms with van der Waals surface area (Å²) in [5.74, 6) is 0.0305. The Morgan fingerprint density at radius 3 is 3.04 bits per heavy atom. The van der Waals surface area contributed by atoms with E-state index in [2.05, 4.69) is 21.0 Å². The van der Waals surface area contributed by atoms with Crippen molar-refractivity contribution in [3.05, 3.63) is 48.0 Å². The van der Waals surface area contributed by atoms with E-state index in [1.807, 2.05) is 18.2 Å². The topological polar surface area (TPSA) is 63.5 Å². The zero-order valence-corrected chi connectivity index (χ0v) is 14.1. The fourth-order valence-corrected chi connectivity index (χ4v) is 2.89. The first-order chi connectivity index (χ1) is 11.6. The number of hydrogen-bond donors (Lipinski definition) is 0. The zero-order valence-electron chi connectivity index (χ0n) is 14.1. The van der Waals surface area contributed by atoms with Crippen LogP contribution in [0.1, 0.15) is 15.9 Å². The molecule has 1 atom stereocenters. The second-order valence-electron chi connectivity index (χ2n) is 6.25. The summed E-state index contributed by atoms with van der Waals surface area (Å²) >= 11 is 0. The summed E-state index contributed by atoms with van der Waals surface area (Å²) in [4.78, 5) is 20.0. The first kappa shape index (κ1) is 16.6. The van der Waals surface area contributed by atoms with Crippen molar-refractivity contribution in [2.45, 2.75) is 19.2 Å². The summed E-state index contributed by atoms with van der Waals surface area (Å²) in [6.45, 7) is 3.95. The summed E-state index contributed by atoms with van der Waals surface area (Å²) in [5, 5.41) is 4.13. The molecule has 0 spiro atoms. The van der Waals surface area contributed by atoms with Crippen molar-refractivity contribution in [1.82, 2.24) is 24.6 Å². The van der Waals surface area contributed by atoms with E-state index in [1.54, 1.807) is 30.0 Å². The smallest absolute Gasteiger partial charge is 0.253 e. The second kappa shape index (κ2) is 7.55. The molecule has 1 fully saturated rings. The Morgan fingerprint density at radius 1 is 1.42 bits per heavy atom. The first-order valence-corrected chi connectivity index (χ1v) is 8.09. The summed E-state index contributed by atoms with van der Waals surface area (Å²) < 4.78 is 7.62. The van der Waals surface area contributed by atoms with Crippen LogP contribution in [-0.4, -0.2) is 70.4 Å². The number of rotatable bonds is 5. The van der Waals surface area contributed by atoms with Crippen molar-refractivity contribution < 1.29 is 9.53 Å². The van der Waals surface area contributed by atoms with Gasteiger partial charge in [-0.2, -0.15) is 5.10 Å². The zero-order chi connectivity index (χ0) is 16.9. The van der Waals surface area contributed by atoms with Gasteiger partial charge in [0, 0.05) is 39.3 Å². The molecule has 1 aromatic heterocycles. The molecule has 3 rings (SSSR count). The molecular weight excluding hydrogens is 306 g/mol. The highest BCUT2D eigenvalue weighted by atomic mass is 16.5. The molecule has 24 heavy (non-hydrogen) atoms. The van der Waals surface area contributed by atoms with Crippen LogP contribution in [0, 0.1) is 0 Å². The van der Waals surface area contributed by atoms with Gasteiger partial charge < -0.3 is 9.64 Å². The Balaban J connectivity index is 1.61. The van der Waals surface area contributed by atoms with Crippen molar-refractivity contribution >= 4 is 5.91 Å². The molecule has 0 radical (unpaired) electrons. The monoisotopic (exact) mass is 329 g/mol. The Bertz CT molecular complexity index is 671.